The smallest absolute Gasteiger partial charge is 0.306 e. The van der Waals surface area contributed by atoms with Gasteiger partial charge >= 0.3 is 5.97 Å². The van der Waals surface area contributed by atoms with Gasteiger partial charge in [-0.15, -0.1) is 0 Å². The van der Waals surface area contributed by atoms with Gasteiger partial charge in [0.1, 0.15) is 5.82 Å². The summed E-state index contributed by atoms with van der Waals surface area (Å²) in [4.78, 5) is 15.2. The quantitative estimate of drug-likeness (QED) is 0.843. The van der Waals surface area contributed by atoms with Gasteiger partial charge in [-0.05, 0) is 44.7 Å². The second kappa shape index (κ2) is 5.17. The third-order valence-electron chi connectivity index (χ3n) is 3.32. The van der Waals surface area contributed by atoms with Gasteiger partial charge < -0.3 is 10.4 Å². The first-order valence-electron chi connectivity index (χ1n) is 6.08. The van der Waals surface area contributed by atoms with E-state index in [2.05, 4.69) is 10.3 Å². The lowest BCUT2D eigenvalue weighted by molar-refractivity contribution is -0.142. The van der Waals surface area contributed by atoms with Crippen LogP contribution in [0.3, 0.4) is 0 Å². The van der Waals surface area contributed by atoms with Gasteiger partial charge in [0.2, 0.25) is 0 Å². The first kappa shape index (κ1) is 11.9. The summed E-state index contributed by atoms with van der Waals surface area (Å²) < 4.78 is 0. The molecule has 17 heavy (non-hydrogen) atoms. The maximum atomic E-state index is 10.8. The van der Waals surface area contributed by atoms with E-state index in [1.54, 1.807) is 0 Å². The molecule has 1 aliphatic carbocycles. The summed E-state index contributed by atoms with van der Waals surface area (Å²) in [7, 11) is 0. The topological polar surface area (TPSA) is 62.2 Å². The van der Waals surface area contributed by atoms with Crippen LogP contribution in [-0.4, -0.2) is 22.1 Å². The number of pyridine rings is 1. The van der Waals surface area contributed by atoms with Crippen LogP contribution in [0, 0.1) is 12.8 Å². The van der Waals surface area contributed by atoms with E-state index < -0.39 is 5.97 Å². The van der Waals surface area contributed by atoms with E-state index >= 15 is 0 Å². The summed E-state index contributed by atoms with van der Waals surface area (Å²) in [5.41, 5.74) is 0.995. The van der Waals surface area contributed by atoms with Crippen LogP contribution in [0.1, 0.15) is 31.4 Å². The van der Waals surface area contributed by atoms with Gasteiger partial charge in [0, 0.05) is 11.7 Å². The van der Waals surface area contributed by atoms with Crippen LogP contribution >= 0.6 is 0 Å². The van der Waals surface area contributed by atoms with Gasteiger partial charge in [-0.25, -0.2) is 4.98 Å². The van der Waals surface area contributed by atoms with Gasteiger partial charge in [0.25, 0.3) is 0 Å². The summed E-state index contributed by atoms with van der Waals surface area (Å²) in [6.45, 7) is 1.96. The van der Waals surface area contributed by atoms with Gasteiger partial charge in [-0.2, -0.15) is 0 Å². The Hall–Kier alpha value is -1.58. The fraction of sp³-hybridized carbons (Fsp3) is 0.538. The molecule has 2 N–H and O–H groups in total. The monoisotopic (exact) mass is 234 g/mol. The number of nitrogens with zero attached hydrogens (tertiary/aromatic N) is 1. The Morgan fingerprint density at radius 1 is 1.35 bits per heavy atom. The number of carboxylic acids is 1. The van der Waals surface area contributed by atoms with Crippen molar-refractivity contribution in [3.05, 3.63) is 23.9 Å². The lowest BCUT2D eigenvalue weighted by Crippen LogP contribution is -2.29. The molecule has 0 radical (unpaired) electrons. The number of anilines is 1. The molecule has 92 valence electrons. The number of aromatic nitrogens is 1. The normalized spacial score (nSPS) is 24.3. The lowest BCUT2D eigenvalue weighted by atomic mass is 9.86. The third-order valence-corrected chi connectivity index (χ3v) is 3.32. The first-order valence-corrected chi connectivity index (χ1v) is 6.08. The van der Waals surface area contributed by atoms with Gasteiger partial charge in [-0.1, -0.05) is 6.07 Å². The molecule has 1 aromatic rings. The molecule has 1 aliphatic rings. The van der Waals surface area contributed by atoms with Crippen LogP contribution in [0.2, 0.25) is 0 Å². The molecule has 1 fully saturated rings. The molecule has 0 bridgehead atoms. The minimum Gasteiger partial charge on any atom is -0.481 e. The maximum absolute atomic E-state index is 10.8. The predicted octanol–water partition coefficient (Wildman–Crippen LogP) is 2.45. The van der Waals surface area contributed by atoms with Gasteiger partial charge in [-0.3, -0.25) is 4.79 Å². The fourth-order valence-electron chi connectivity index (χ4n) is 2.32. The number of carboxylic acid groups (broad SMARTS) is 1. The van der Waals surface area contributed by atoms with Crippen LogP contribution in [0.25, 0.3) is 0 Å². The van der Waals surface area contributed by atoms with Crippen LogP contribution in [-0.2, 0) is 4.79 Å². The lowest BCUT2D eigenvalue weighted by Gasteiger charge is -2.27. The Balaban J connectivity index is 1.88. The molecular formula is C13H18N2O2. The SMILES string of the molecule is Cc1cccc(NC2CCC(C(=O)O)CC2)n1. The molecule has 1 saturated carbocycles. The van der Waals surface area contributed by atoms with Crippen LogP contribution in [0.4, 0.5) is 5.82 Å². The minimum absolute atomic E-state index is 0.154. The number of aryl methyl sites for hydroxylation is 1. The molecule has 0 aromatic carbocycles. The van der Waals surface area contributed by atoms with Gasteiger partial charge in [0.05, 0.1) is 5.92 Å². The predicted molar refractivity (Wildman–Crippen MR) is 66.0 cm³/mol. The van der Waals surface area contributed by atoms with Crippen molar-refractivity contribution in [3.63, 3.8) is 0 Å². The molecule has 0 saturated heterocycles. The number of nitrogens with one attached hydrogen (secondary N) is 1. The van der Waals surface area contributed by atoms with Crippen molar-refractivity contribution in [1.29, 1.82) is 0 Å². The van der Waals surface area contributed by atoms with Crippen molar-refractivity contribution in [2.24, 2.45) is 5.92 Å². The highest BCUT2D eigenvalue weighted by Crippen LogP contribution is 2.26. The van der Waals surface area contributed by atoms with Crippen molar-refractivity contribution in [3.8, 4) is 0 Å². The van der Waals surface area contributed by atoms with E-state index in [0.29, 0.717) is 6.04 Å². The van der Waals surface area contributed by atoms with E-state index in [0.717, 1.165) is 37.2 Å². The van der Waals surface area contributed by atoms with E-state index in [4.69, 9.17) is 5.11 Å². The third kappa shape index (κ3) is 3.19. The number of rotatable bonds is 3. The first-order chi connectivity index (χ1) is 8.15. The molecular weight excluding hydrogens is 216 g/mol. The second-order valence-electron chi connectivity index (χ2n) is 4.70. The summed E-state index contributed by atoms with van der Waals surface area (Å²) in [5, 5.41) is 12.3. The molecule has 1 heterocycles. The highest BCUT2D eigenvalue weighted by Gasteiger charge is 2.25. The molecule has 0 aliphatic heterocycles. The van der Waals surface area contributed by atoms with Gasteiger partial charge in [0.15, 0.2) is 0 Å². The zero-order valence-electron chi connectivity index (χ0n) is 10.0. The molecule has 0 atom stereocenters. The van der Waals surface area contributed by atoms with Crippen LogP contribution in [0.5, 0.6) is 0 Å². The van der Waals surface area contributed by atoms with E-state index in [-0.39, 0.29) is 5.92 Å². The molecule has 0 amide bonds. The standard InChI is InChI=1S/C13H18N2O2/c1-9-3-2-4-12(14-9)15-11-7-5-10(6-8-11)13(16)17/h2-4,10-11H,5-8H2,1H3,(H,14,15)(H,16,17). The summed E-state index contributed by atoms with van der Waals surface area (Å²) in [6.07, 6.45) is 3.34. The Morgan fingerprint density at radius 2 is 2.06 bits per heavy atom. The molecule has 4 nitrogen and oxygen atoms in total. The Labute approximate surface area is 101 Å². The highest BCUT2D eigenvalue weighted by atomic mass is 16.4. The van der Waals surface area contributed by atoms with Crippen LogP contribution in [0.15, 0.2) is 18.2 Å². The number of hydrogen-bond donors (Lipinski definition) is 2. The Bertz CT molecular complexity index is 398. The average molecular weight is 234 g/mol. The second-order valence-corrected chi connectivity index (χ2v) is 4.70. The Kier molecular flexibility index (Phi) is 3.61. The minimum atomic E-state index is -0.655. The molecule has 4 heteroatoms. The summed E-state index contributed by atoms with van der Waals surface area (Å²) in [5.74, 6) is 0.0828. The molecule has 2 rings (SSSR count). The fourth-order valence-corrected chi connectivity index (χ4v) is 2.32. The zero-order chi connectivity index (χ0) is 12.3. The molecule has 0 spiro atoms. The number of hydrogen-bond acceptors (Lipinski definition) is 3. The van der Waals surface area contributed by atoms with E-state index in [1.165, 1.54) is 0 Å². The largest absolute Gasteiger partial charge is 0.481 e. The van der Waals surface area contributed by atoms with Crippen molar-refractivity contribution >= 4 is 11.8 Å². The van der Waals surface area contributed by atoms with Crippen molar-refractivity contribution in [2.45, 2.75) is 38.6 Å². The van der Waals surface area contributed by atoms with Crippen molar-refractivity contribution in [2.75, 3.05) is 5.32 Å². The maximum Gasteiger partial charge on any atom is 0.306 e. The van der Waals surface area contributed by atoms with Crippen molar-refractivity contribution in [1.82, 2.24) is 4.98 Å². The summed E-state index contributed by atoms with van der Waals surface area (Å²) >= 11 is 0. The number of carbonyl (C=O) groups is 1. The van der Waals surface area contributed by atoms with E-state index in [1.807, 2.05) is 25.1 Å². The van der Waals surface area contributed by atoms with E-state index in [9.17, 15) is 4.79 Å². The molecule has 1 aromatic heterocycles. The number of aliphatic carboxylic acids is 1. The highest BCUT2D eigenvalue weighted by molar-refractivity contribution is 5.70. The zero-order valence-corrected chi connectivity index (χ0v) is 10.0. The average Bonchev–Trinajstić information content (AvgIpc) is 2.29. The van der Waals surface area contributed by atoms with Crippen LogP contribution < -0.4 is 5.32 Å². The summed E-state index contributed by atoms with van der Waals surface area (Å²) in [6, 6.07) is 6.26. The molecule has 0 unspecified atom stereocenters. The Morgan fingerprint density at radius 3 is 2.65 bits per heavy atom. The van der Waals surface area contributed by atoms with Crippen molar-refractivity contribution < 1.29 is 9.90 Å².